The molecule has 1 aromatic heterocycles. The number of hydrogen-bond donors (Lipinski definition) is 0. The fourth-order valence-corrected chi connectivity index (χ4v) is 3.42. The average Bonchev–Trinajstić information content (AvgIpc) is 2.68. The molecule has 152 valence electrons. The zero-order valence-corrected chi connectivity index (χ0v) is 19.2. The van der Waals surface area contributed by atoms with E-state index in [9.17, 15) is 4.79 Å². The van der Waals surface area contributed by atoms with E-state index in [1.54, 1.807) is 30.5 Å². The van der Waals surface area contributed by atoms with Crippen molar-refractivity contribution in [2.45, 2.75) is 46.1 Å². The summed E-state index contributed by atoms with van der Waals surface area (Å²) in [5, 5.41) is 5.57. The molecule has 3 rings (SSSR count). The Bertz CT molecular complexity index is 1120. The first-order chi connectivity index (χ1) is 13.8. The van der Waals surface area contributed by atoms with Crippen LogP contribution in [0, 0.1) is 0 Å². The minimum atomic E-state index is -0.212. The van der Waals surface area contributed by atoms with Crippen molar-refractivity contribution in [2.75, 3.05) is 0 Å². The lowest BCUT2D eigenvalue weighted by molar-refractivity contribution is 0.242. The first kappa shape index (κ1) is 21.5. The molecule has 0 aliphatic rings. The fourth-order valence-electron chi connectivity index (χ4n) is 2.88. The van der Waals surface area contributed by atoms with Gasteiger partial charge in [-0.15, -0.1) is 0 Å². The van der Waals surface area contributed by atoms with E-state index in [0.717, 1.165) is 10.9 Å². The summed E-state index contributed by atoms with van der Waals surface area (Å²) in [5.74, 6) is 1.35. The Morgan fingerprint density at radius 1 is 1.24 bits per heavy atom. The van der Waals surface area contributed by atoms with E-state index in [0.29, 0.717) is 33.1 Å². The van der Waals surface area contributed by atoms with Gasteiger partial charge in [0.25, 0.3) is 5.56 Å². The van der Waals surface area contributed by atoms with Crippen molar-refractivity contribution in [1.82, 2.24) is 9.66 Å². The summed E-state index contributed by atoms with van der Waals surface area (Å²) in [6.45, 7) is 7.99. The summed E-state index contributed by atoms with van der Waals surface area (Å²) in [5.41, 5.74) is 1.14. The summed E-state index contributed by atoms with van der Waals surface area (Å²) in [6, 6.07) is 10.8. The Hall–Kier alpha value is -2.18. The van der Waals surface area contributed by atoms with E-state index in [-0.39, 0.29) is 17.6 Å². The Labute approximate surface area is 183 Å². The van der Waals surface area contributed by atoms with Crippen LogP contribution in [0.3, 0.4) is 0 Å². The lowest BCUT2D eigenvalue weighted by Gasteiger charge is -2.15. The number of rotatable bonds is 6. The SMILES string of the molecule is CC[C@@H](C)c1nc2ccc(Br)cc2c(=O)n1N=Cc1cc(Cl)ccc1OC(C)C. The van der Waals surface area contributed by atoms with E-state index in [1.807, 2.05) is 32.9 Å². The van der Waals surface area contributed by atoms with E-state index in [4.69, 9.17) is 21.3 Å². The van der Waals surface area contributed by atoms with Gasteiger partial charge in [-0.25, -0.2) is 4.98 Å². The maximum atomic E-state index is 13.2. The van der Waals surface area contributed by atoms with Crippen LogP contribution < -0.4 is 10.3 Å². The van der Waals surface area contributed by atoms with Crippen molar-refractivity contribution in [1.29, 1.82) is 0 Å². The third-order valence-corrected chi connectivity index (χ3v) is 5.26. The molecule has 5 nitrogen and oxygen atoms in total. The first-order valence-corrected chi connectivity index (χ1v) is 10.7. The van der Waals surface area contributed by atoms with Crippen molar-refractivity contribution in [3.05, 3.63) is 67.6 Å². The van der Waals surface area contributed by atoms with Crippen molar-refractivity contribution < 1.29 is 4.74 Å². The summed E-state index contributed by atoms with van der Waals surface area (Å²) >= 11 is 9.59. The fraction of sp³-hybridized carbons (Fsp3) is 0.318. The van der Waals surface area contributed by atoms with Gasteiger partial charge in [-0.1, -0.05) is 41.4 Å². The third-order valence-electron chi connectivity index (χ3n) is 4.53. The average molecular weight is 477 g/mol. The van der Waals surface area contributed by atoms with Crippen LogP contribution >= 0.6 is 27.5 Å². The molecule has 1 atom stereocenters. The number of halogens is 2. The largest absolute Gasteiger partial charge is 0.490 e. The second-order valence-electron chi connectivity index (χ2n) is 7.15. The van der Waals surface area contributed by atoms with Crippen molar-refractivity contribution in [2.24, 2.45) is 5.10 Å². The smallest absolute Gasteiger partial charge is 0.282 e. The molecule has 0 aliphatic carbocycles. The van der Waals surface area contributed by atoms with E-state index in [1.165, 1.54) is 4.68 Å². The highest BCUT2D eigenvalue weighted by Crippen LogP contribution is 2.24. The van der Waals surface area contributed by atoms with Crippen molar-refractivity contribution >= 4 is 44.6 Å². The summed E-state index contributed by atoms with van der Waals surface area (Å²) < 4.78 is 8.04. The predicted molar refractivity (Wildman–Crippen MR) is 123 cm³/mol. The number of fused-ring (bicyclic) bond motifs is 1. The van der Waals surface area contributed by atoms with Gasteiger partial charge < -0.3 is 4.74 Å². The molecule has 0 amide bonds. The highest BCUT2D eigenvalue weighted by molar-refractivity contribution is 9.10. The minimum Gasteiger partial charge on any atom is -0.490 e. The van der Waals surface area contributed by atoms with Crippen LogP contribution in [0.15, 0.2) is 50.8 Å². The molecule has 0 fully saturated rings. The van der Waals surface area contributed by atoms with Gasteiger partial charge in [-0.3, -0.25) is 4.79 Å². The van der Waals surface area contributed by atoms with Crippen LogP contribution in [0.4, 0.5) is 0 Å². The Morgan fingerprint density at radius 2 is 2.00 bits per heavy atom. The quantitative estimate of drug-likeness (QED) is 0.410. The third kappa shape index (κ3) is 4.87. The predicted octanol–water partition coefficient (Wildman–Crippen LogP) is 6.00. The van der Waals surface area contributed by atoms with Crippen LogP contribution in [0.25, 0.3) is 10.9 Å². The maximum absolute atomic E-state index is 13.2. The Kier molecular flexibility index (Phi) is 6.75. The lowest BCUT2D eigenvalue weighted by Crippen LogP contribution is -2.23. The van der Waals surface area contributed by atoms with E-state index < -0.39 is 0 Å². The monoisotopic (exact) mass is 475 g/mol. The lowest BCUT2D eigenvalue weighted by atomic mass is 10.1. The molecule has 3 aromatic rings. The minimum absolute atomic E-state index is 0.00130. The summed E-state index contributed by atoms with van der Waals surface area (Å²) in [4.78, 5) is 17.9. The van der Waals surface area contributed by atoms with Crippen LogP contribution in [0.2, 0.25) is 5.02 Å². The second-order valence-corrected chi connectivity index (χ2v) is 8.50. The molecular formula is C22H23BrClN3O2. The van der Waals surface area contributed by atoms with E-state index >= 15 is 0 Å². The Balaban J connectivity index is 2.18. The molecule has 0 N–H and O–H groups in total. The molecule has 0 aliphatic heterocycles. The van der Waals surface area contributed by atoms with Crippen LogP contribution in [-0.2, 0) is 0 Å². The zero-order valence-electron chi connectivity index (χ0n) is 16.8. The molecule has 29 heavy (non-hydrogen) atoms. The van der Waals surface area contributed by atoms with Crippen molar-refractivity contribution in [3.8, 4) is 5.75 Å². The van der Waals surface area contributed by atoms with Crippen LogP contribution in [-0.4, -0.2) is 22.0 Å². The molecule has 7 heteroatoms. The van der Waals surface area contributed by atoms with E-state index in [2.05, 4.69) is 28.0 Å². The molecule has 0 saturated heterocycles. The maximum Gasteiger partial charge on any atom is 0.282 e. The number of benzene rings is 2. The van der Waals surface area contributed by atoms with Gasteiger partial charge in [0.1, 0.15) is 11.6 Å². The summed E-state index contributed by atoms with van der Waals surface area (Å²) in [7, 11) is 0. The normalized spacial score (nSPS) is 12.8. The molecule has 2 aromatic carbocycles. The molecule has 0 unspecified atom stereocenters. The highest BCUT2D eigenvalue weighted by Gasteiger charge is 2.16. The molecule has 1 heterocycles. The zero-order chi connectivity index (χ0) is 21.1. The molecule has 0 radical (unpaired) electrons. The number of ether oxygens (including phenoxy) is 1. The van der Waals surface area contributed by atoms with Gasteiger partial charge in [-0.05, 0) is 56.7 Å². The Morgan fingerprint density at radius 3 is 2.69 bits per heavy atom. The van der Waals surface area contributed by atoms with Gasteiger partial charge in [0.2, 0.25) is 0 Å². The molecular weight excluding hydrogens is 454 g/mol. The topological polar surface area (TPSA) is 56.5 Å². The van der Waals surface area contributed by atoms with Crippen LogP contribution in [0.5, 0.6) is 5.75 Å². The molecule has 0 spiro atoms. The number of nitrogens with zero attached hydrogens (tertiary/aromatic N) is 3. The van der Waals surface area contributed by atoms with Crippen molar-refractivity contribution in [3.63, 3.8) is 0 Å². The number of aromatic nitrogens is 2. The molecule has 0 saturated carbocycles. The second kappa shape index (κ2) is 9.09. The van der Waals surface area contributed by atoms with Gasteiger partial charge in [0.05, 0.1) is 23.2 Å². The van der Waals surface area contributed by atoms with Gasteiger partial charge in [0.15, 0.2) is 0 Å². The standard InChI is InChI=1S/C22H23BrClN3O2/c1-5-14(4)21-26-19-8-6-16(23)11-18(19)22(28)27(21)25-12-15-10-17(24)7-9-20(15)29-13(2)3/h6-14H,5H2,1-4H3/t14-/m1/s1. The van der Waals surface area contributed by atoms with Gasteiger partial charge >= 0.3 is 0 Å². The number of hydrogen-bond acceptors (Lipinski definition) is 4. The first-order valence-electron chi connectivity index (χ1n) is 9.53. The molecule has 0 bridgehead atoms. The van der Waals surface area contributed by atoms with Crippen LogP contribution in [0.1, 0.15) is 51.4 Å². The summed E-state index contributed by atoms with van der Waals surface area (Å²) in [6.07, 6.45) is 2.44. The van der Waals surface area contributed by atoms with Gasteiger partial charge in [0, 0.05) is 21.0 Å². The highest BCUT2D eigenvalue weighted by atomic mass is 79.9. The van der Waals surface area contributed by atoms with Gasteiger partial charge in [-0.2, -0.15) is 9.78 Å².